The summed E-state index contributed by atoms with van der Waals surface area (Å²) in [5, 5.41) is 2.87. The topological polar surface area (TPSA) is 32.3 Å². The van der Waals surface area contributed by atoms with E-state index in [2.05, 4.69) is 27.3 Å². The first-order valence-corrected chi connectivity index (χ1v) is 8.20. The van der Waals surface area contributed by atoms with Crippen molar-refractivity contribution in [3.8, 4) is 0 Å². The van der Waals surface area contributed by atoms with Crippen LogP contribution in [0.25, 0.3) is 0 Å². The normalized spacial score (nSPS) is 15.8. The third-order valence-corrected chi connectivity index (χ3v) is 5.88. The Bertz CT molecular complexity index is 673. The largest absolute Gasteiger partial charge is 0.323 e. The smallest absolute Gasteiger partial charge is 0.321 e. The molecule has 2 amide bonds. The fourth-order valence-corrected chi connectivity index (χ4v) is 3.98. The van der Waals surface area contributed by atoms with Gasteiger partial charge in [-0.15, -0.1) is 11.3 Å². The molecular weight excluding hydrogens is 360 g/mol. The first kappa shape index (κ1) is 13.9. The molecule has 1 N–H and O–H groups in total. The number of nitrogens with zero attached hydrogens (tertiary/aromatic N) is 1. The molecule has 1 unspecified atom stereocenters. The van der Waals surface area contributed by atoms with E-state index in [1.807, 2.05) is 24.3 Å². The van der Waals surface area contributed by atoms with Gasteiger partial charge in [-0.2, -0.15) is 0 Å². The number of hydrogen-bond acceptors (Lipinski definition) is 2. The van der Waals surface area contributed by atoms with E-state index in [9.17, 15) is 4.79 Å². The number of carbonyl (C=O) groups excluding carboxylic acids is 1. The SMILES string of the molecule is CN1Cc2cc(C(Br)c3ccc(Cl)s3)ccc2NC1=O. The van der Waals surface area contributed by atoms with E-state index in [-0.39, 0.29) is 10.9 Å². The number of anilines is 1. The molecule has 0 fully saturated rings. The highest BCUT2D eigenvalue weighted by Crippen LogP contribution is 2.38. The number of nitrogens with one attached hydrogen (secondary N) is 1. The van der Waals surface area contributed by atoms with E-state index < -0.39 is 0 Å². The molecule has 1 atom stereocenters. The van der Waals surface area contributed by atoms with Crippen LogP contribution in [-0.4, -0.2) is 18.0 Å². The average Bonchev–Trinajstić information content (AvgIpc) is 2.85. The predicted octanol–water partition coefficient (Wildman–Crippen LogP) is 4.86. The molecule has 0 bridgehead atoms. The van der Waals surface area contributed by atoms with Gasteiger partial charge in [0.25, 0.3) is 0 Å². The fourth-order valence-electron chi connectivity index (χ4n) is 2.19. The van der Waals surface area contributed by atoms with Crippen molar-refractivity contribution in [3.63, 3.8) is 0 Å². The van der Waals surface area contributed by atoms with Crippen LogP contribution in [0.3, 0.4) is 0 Å². The molecule has 3 nitrogen and oxygen atoms in total. The minimum atomic E-state index is -0.0642. The van der Waals surface area contributed by atoms with Gasteiger partial charge in [-0.1, -0.05) is 39.7 Å². The van der Waals surface area contributed by atoms with Crippen molar-refractivity contribution in [1.29, 1.82) is 0 Å². The summed E-state index contributed by atoms with van der Waals surface area (Å²) >= 11 is 11.3. The summed E-state index contributed by atoms with van der Waals surface area (Å²) in [5.41, 5.74) is 3.17. The quantitative estimate of drug-likeness (QED) is 0.751. The summed E-state index contributed by atoms with van der Waals surface area (Å²) in [7, 11) is 1.79. The molecule has 1 aromatic heterocycles. The Morgan fingerprint density at radius 3 is 2.90 bits per heavy atom. The Labute approximate surface area is 134 Å². The lowest BCUT2D eigenvalue weighted by Gasteiger charge is -2.26. The number of rotatable bonds is 2. The number of carbonyl (C=O) groups is 1. The highest BCUT2D eigenvalue weighted by molar-refractivity contribution is 9.09. The Morgan fingerprint density at radius 2 is 2.20 bits per heavy atom. The number of urea groups is 1. The lowest BCUT2D eigenvalue weighted by Crippen LogP contribution is -2.35. The van der Waals surface area contributed by atoms with Crippen molar-refractivity contribution in [2.45, 2.75) is 11.4 Å². The third kappa shape index (κ3) is 2.57. The molecule has 0 saturated heterocycles. The Balaban J connectivity index is 1.92. The van der Waals surface area contributed by atoms with Crippen LogP contribution >= 0.6 is 38.9 Å². The molecule has 104 valence electrons. The van der Waals surface area contributed by atoms with Crippen LogP contribution < -0.4 is 5.32 Å². The molecule has 6 heteroatoms. The second-order valence-electron chi connectivity index (χ2n) is 4.71. The number of alkyl halides is 1. The summed E-state index contributed by atoms with van der Waals surface area (Å²) < 4.78 is 0.786. The van der Waals surface area contributed by atoms with Gasteiger partial charge in [0, 0.05) is 24.2 Å². The number of halogens is 2. The van der Waals surface area contributed by atoms with Crippen LogP contribution in [-0.2, 0) is 6.54 Å². The average molecular weight is 372 g/mol. The van der Waals surface area contributed by atoms with Gasteiger partial charge in [0.15, 0.2) is 0 Å². The van der Waals surface area contributed by atoms with Gasteiger partial charge in [0.1, 0.15) is 0 Å². The molecule has 0 saturated carbocycles. The maximum absolute atomic E-state index is 11.6. The van der Waals surface area contributed by atoms with Gasteiger partial charge >= 0.3 is 6.03 Å². The molecule has 0 spiro atoms. The summed E-state index contributed by atoms with van der Waals surface area (Å²) in [4.78, 5) is 14.5. The van der Waals surface area contributed by atoms with Crippen molar-refractivity contribution in [2.24, 2.45) is 0 Å². The lowest BCUT2D eigenvalue weighted by atomic mass is 10.0. The van der Waals surface area contributed by atoms with Crippen LogP contribution in [0.5, 0.6) is 0 Å². The predicted molar refractivity (Wildman–Crippen MR) is 87.0 cm³/mol. The monoisotopic (exact) mass is 370 g/mol. The van der Waals surface area contributed by atoms with Gasteiger partial charge < -0.3 is 10.2 Å². The minimum Gasteiger partial charge on any atom is -0.323 e. The van der Waals surface area contributed by atoms with E-state index in [0.717, 1.165) is 21.2 Å². The zero-order valence-electron chi connectivity index (χ0n) is 10.7. The number of benzene rings is 1. The molecule has 2 heterocycles. The Hall–Kier alpha value is -1.04. The van der Waals surface area contributed by atoms with E-state index in [0.29, 0.717) is 6.54 Å². The standard InChI is InChI=1S/C14H12BrClN2OS/c1-18-7-9-6-8(2-3-10(9)17-14(18)19)13(15)11-4-5-12(16)20-11/h2-6,13H,7H2,1H3,(H,17,19). The van der Waals surface area contributed by atoms with Crippen LogP contribution in [0.1, 0.15) is 20.8 Å². The summed E-state index contributed by atoms with van der Waals surface area (Å²) in [5.74, 6) is 0. The molecule has 2 aromatic rings. The molecular formula is C14H12BrClN2OS. The van der Waals surface area contributed by atoms with Crippen molar-refractivity contribution in [3.05, 3.63) is 50.7 Å². The molecule has 3 rings (SSSR count). The van der Waals surface area contributed by atoms with Crippen LogP contribution in [0.15, 0.2) is 30.3 Å². The van der Waals surface area contributed by atoms with Gasteiger partial charge in [-0.05, 0) is 29.3 Å². The summed E-state index contributed by atoms with van der Waals surface area (Å²) in [6.45, 7) is 0.625. The maximum Gasteiger partial charge on any atom is 0.321 e. The van der Waals surface area contributed by atoms with E-state index in [4.69, 9.17) is 11.6 Å². The van der Waals surface area contributed by atoms with Crippen LogP contribution in [0, 0.1) is 0 Å². The van der Waals surface area contributed by atoms with Gasteiger partial charge in [0.05, 0.1) is 9.16 Å². The van der Waals surface area contributed by atoms with E-state index >= 15 is 0 Å². The number of hydrogen-bond donors (Lipinski definition) is 1. The molecule has 1 aliphatic heterocycles. The first-order chi connectivity index (χ1) is 9.54. The van der Waals surface area contributed by atoms with Gasteiger partial charge in [-0.3, -0.25) is 0 Å². The molecule has 1 aliphatic rings. The second kappa shape index (κ2) is 5.39. The van der Waals surface area contributed by atoms with Gasteiger partial charge in [-0.25, -0.2) is 4.79 Å². The van der Waals surface area contributed by atoms with Crippen molar-refractivity contribution < 1.29 is 4.79 Å². The Morgan fingerprint density at radius 1 is 1.40 bits per heavy atom. The van der Waals surface area contributed by atoms with E-state index in [1.54, 1.807) is 23.3 Å². The lowest BCUT2D eigenvalue weighted by molar-refractivity contribution is 0.218. The number of fused-ring (bicyclic) bond motifs is 1. The van der Waals surface area contributed by atoms with Crippen molar-refractivity contribution in [1.82, 2.24) is 4.90 Å². The third-order valence-electron chi connectivity index (χ3n) is 3.26. The minimum absolute atomic E-state index is 0.0642. The van der Waals surface area contributed by atoms with Gasteiger partial charge in [0.2, 0.25) is 0 Å². The summed E-state index contributed by atoms with van der Waals surface area (Å²) in [6.07, 6.45) is 0. The second-order valence-corrected chi connectivity index (χ2v) is 7.37. The molecule has 0 radical (unpaired) electrons. The number of thiophene rings is 1. The maximum atomic E-state index is 11.6. The van der Waals surface area contributed by atoms with E-state index in [1.165, 1.54) is 4.88 Å². The highest BCUT2D eigenvalue weighted by Gasteiger charge is 2.21. The fraction of sp³-hybridized carbons (Fsp3) is 0.214. The molecule has 1 aromatic carbocycles. The Kier molecular flexibility index (Phi) is 3.75. The number of amides is 2. The zero-order valence-corrected chi connectivity index (χ0v) is 13.8. The summed E-state index contributed by atoms with van der Waals surface area (Å²) in [6, 6.07) is 9.97. The molecule has 20 heavy (non-hydrogen) atoms. The molecule has 0 aliphatic carbocycles. The highest BCUT2D eigenvalue weighted by atomic mass is 79.9. The van der Waals surface area contributed by atoms with Crippen molar-refractivity contribution in [2.75, 3.05) is 12.4 Å². The zero-order chi connectivity index (χ0) is 14.3. The van der Waals surface area contributed by atoms with Crippen LogP contribution in [0.4, 0.5) is 10.5 Å². The van der Waals surface area contributed by atoms with Crippen LogP contribution in [0.2, 0.25) is 4.34 Å². The van der Waals surface area contributed by atoms with Crippen molar-refractivity contribution >= 4 is 50.6 Å². The first-order valence-electron chi connectivity index (χ1n) is 6.09.